The average Bonchev–Trinajstić information content (AvgIpc) is 2.76. The molecule has 0 aliphatic carbocycles. The zero-order valence-corrected chi connectivity index (χ0v) is 19.2. The molecule has 2 N–H and O–H groups in total. The number of ether oxygens (including phenoxy) is 3. The molecule has 166 valence electrons. The molecule has 1 atom stereocenters. The van der Waals surface area contributed by atoms with Crippen LogP contribution in [-0.4, -0.2) is 39.5 Å². The van der Waals surface area contributed by atoms with Crippen molar-refractivity contribution >= 4 is 0 Å². The predicted molar refractivity (Wildman–Crippen MR) is 122 cm³/mol. The summed E-state index contributed by atoms with van der Waals surface area (Å²) >= 11 is 0. The van der Waals surface area contributed by atoms with E-state index < -0.39 is 0 Å². The van der Waals surface area contributed by atoms with Crippen molar-refractivity contribution in [2.24, 2.45) is 5.92 Å². The highest BCUT2D eigenvalue weighted by Crippen LogP contribution is 2.40. The monoisotopic (exact) mass is 415 g/mol. The molecule has 0 saturated carbocycles. The molecule has 1 unspecified atom stereocenters. The van der Waals surface area contributed by atoms with Crippen LogP contribution in [0.15, 0.2) is 36.4 Å². The van der Waals surface area contributed by atoms with Gasteiger partial charge in [0.15, 0.2) is 23.0 Å². The van der Waals surface area contributed by atoms with Crippen molar-refractivity contribution in [3.8, 4) is 23.0 Å². The van der Waals surface area contributed by atoms with Gasteiger partial charge >= 0.3 is 0 Å². The molecule has 2 aromatic rings. The number of benzene rings is 2. The van der Waals surface area contributed by atoms with E-state index in [0.29, 0.717) is 11.7 Å². The lowest BCUT2D eigenvalue weighted by Gasteiger charge is -2.35. The summed E-state index contributed by atoms with van der Waals surface area (Å²) in [6.45, 7) is 8.75. The van der Waals surface area contributed by atoms with E-state index in [1.165, 1.54) is 5.56 Å². The largest absolute Gasteiger partial charge is 0.504 e. The normalized spacial score (nSPS) is 13.2. The Balaban J connectivity index is 1.89. The molecule has 0 aromatic heterocycles. The van der Waals surface area contributed by atoms with Crippen LogP contribution in [0.1, 0.15) is 44.7 Å². The van der Waals surface area contributed by atoms with Crippen LogP contribution >= 0.6 is 0 Å². The number of hydrogen-bond donors (Lipinski definition) is 2. The van der Waals surface area contributed by atoms with Crippen molar-refractivity contribution in [1.82, 2.24) is 5.32 Å². The van der Waals surface area contributed by atoms with Gasteiger partial charge in [0.1, 0.15) is 0 Å². The summed E-state index contributed by atoms with van der Waals surface area (Å²) in [6.07, 6.45) is 3.07. The van der Waals surface area contributed by atoms with Crippen LogP contribution in [0.2, 0.25) is 0 Å². The van der Waals surface area contributed by atoms with Gasteiger partial charge in [-0.3, -0.25) is 0 Å². The van der Waals surface area contributed by atoms with Crippen LogP contribution in [0, 0.1) is 5.92 Å². The van der Waals surface area contributed by atoms with Crippen molar-refractivity contribution in [2.75, 3.05) is 34.4 Å². The minimum Gasteiger partial charge on any atom is -0.504 e. The lowest BCUT2D eigenvalue weighted by molar-refractivity contribution is 0.301. The summed E-state index contributed by atoms with van der Waals surface area (Å²) in [4.78, 5) is 0. The third-order valence-electron chi connectivity index (χ3n) is 6.20. The van der Waals surface area contributed by atoms with E-state index in [9.17, 15) is 5.11 Å². The third-order valence-corrected chi connectivity index (χ3v) is 6.20. The first-order valence-corrected chi connectivity index (χ1v) is 10.6. The van der Waals surface area contributed by atoms with Crippen molar-refractivity contribution in [2.45, 2.75) is 45.4 Å². The molecule has 0 spiro atoms. The van der Waals surface area contributed by atoms with E-state index in [2.05, 4.69) is 38.2 Å². The van der Waals surface area contributed by atoms with Gasteiger partial charge in [-0.2, -0.15) is 0 Å². The molecule has 0 amide bonds. The molecule has 0 radical (unpaired) electrons. The SMILES string of the molecule is COc1cc(CCNCCCC(C)(c2ccc(OC)c(OC)c2)C(C)C)ccc1O. The molecule has 5 heteroatoms. The van der Waals surface area contributed by atoms with Crippen LogP contribution in [0.3, 0.4) is 0 Å². The molecule has 2 rings (SSSR count). The molecule has 30 heavy (non-hydrogen) atoms. The minimum atomic E-state index is 0.0611. The van der Waals surface area contributed by atoms with E-state index in [0.717, 1.165) is 49.4 Å². The van der Waals surface area contributed by atoms with Crippen molar-refractivity contribution in [1.29, 1.82) is 0 Å². The standard InChI is InChI=1S/C25H37NO4/c1-18(2)25(3,20-9-11-22(28-4)24(17-20)30-6)13-7-14-26-15-12-19-8-10-21(27)23(16-19)29-5/h8-11,16-18,26-27H,7,12-15H2,1-6H3. The quantitative estimate of drug-likeness (QED) is 0.481. The number of phenolic OH excluding ortho intramolecular Hbond substituents is 1. The second-order valence-electron chi connectivity index (χ2n) is 8.25. The highest BCUT2D eigenvalue weighted by atomic mass is 16.5. The molecule has 0 bridgehead atoms. The second kappa shape index (κ2) is 11.1. The first kappa shape index (κ1) is 23.9. The van der Waals surface area contributed by atoms with E-state index in [1.807, 2.05) is 18.2 Å². The maximum absolute atomic E-state index is 9.70. The lowest BCUT2D eigenvalue weighted by atomic mass is 9.70. The Bertz CT molecular complexity index is 806. The van der Waals surface area contributed by atoms with Crippen molar-refractivity contribution in [3.05, 3.63) is 47.5 Å². The van der Waals surface area contributed by atoms with E-state index in [4.69, 9.17) is 14.2 Å². The average molecular weight is 416 g/mol. The molecule has 2 aromatic carbocycles. The minimum absolute atomic E-state index is 0.0611. The molecule has 5 nitrogen and oxygen atoms in total. The molecule has 0 saturated heterocycles. The van der Waals surface area contributed by atoms with Gasteiger partial charge in [0.05, 0.1) is 21.3 Å². The highest BCUT2D eigenvalue weighted by molar-refractivity contribution is 5.45. The number of aromatic hydroxyl groups is 1. The first-order valence-electron chi connectivity index (χ1n) is 10.6. The highest BCUT2D eigenvalue weighted by Gasteiger charge is 2.30. The van der Waals surface area contributed by atoms with Gasteiger partial charge < -0.3 is 24.6 Å². The van der Waals surface area contributed by atoms with Gasteiger partial charge in [-0.1, -0.05) is 32.9 Å². The zero-order valence-electron chi connectivity index (χ0n) is 19.2. The number of phenols is 1. The Morgan fingerprint density at radius 1 is 0.900 bits per heavy atom. The van der Waals surface area contributed by atoms with Gasteiger partial charge in [-0.15, -0.1) is 0 Å². The molecular weight excluding hydrogens is 378 g/mol. The Morgan fingerprint density at radius 2 is 1.60 bits per heavy atom. The smallest absolute Gasteiger partial charge is 0.161 e. The number of nitrogens with one attached hydrogen (secondary N) is 1. The van der Waals surface area contributed by atoms with E-state index in [1.54, 1.807) is 27.4 Å². The van der Waals surface area contributed by atoms with Crippen LogP contribution in [0.25, 0.3) is 0 Å². The maximum atomic E-state index is 9.70. The van der Waals surface area contributed by atoms with Gasteiger partial charge in [-0.05, 0) is 79.1 Å². The topological polar surface area (TPSA) is 60.0 Å². The Kier molecular flexibility index (Phi) is 8.85. The fraction of sp³-hybridized carbons (Fsp3) is 0.520. The summed E-state index contributed by atoms with van der Waals surface area (Å²) in [7, 11) is 4.92. The fourth-order valence-corrected chi connectivity index (χ4v) is 3.77. The summed E-state index contributed by atoms with van der Waals surface area (Å²) in [5.74, 6) is 2.75. The Morgan fingerprint density at radius 3 is 2.23 bits per heavy atom. The number of methoxy groups -OCH3 is 3. The van der Waals surface area contributed by atoms with Gasteiger partial charge in [-0.25, -0.2) is 0 Å². The van der Waals surface area contributed by atoms with Crippen LogP contribution < -0.4 is 19.5 Å². The summed E-state index contributed by atoms with van der Waals surface area (Å²) in [5.41, 5.74) is 2.49. The Labute approximate surface area is 181 Å². The van der Waals surface area contributed by atoms with Crippen LogP contribution in [-0.2, 0) is 11.8 Å². The van der Waals surface area contributed by atoms with E-state index >= 15 is 0 Å². The molecule has 0 aliphatic rings. The molecular formula is C25H37NO4. The summed E-state index contributed by atoms with van der Waals surface area (Å²) < 4.78 is 16.1. The summed E-state index contributed by atoms with van der Waals surface area (Å²) in [5, 5.41) is 13.2. The van der Waals surface area contributed by atoms with Gasteiger partial charge in [0, 0.05) is 0 Å². The van der Waals surface area contributed by atoms with Gasteiger partial charge in [0.25, 0.3) is 0 Å². The first-order chi connectivity index (χ1) is 14.3. The van der Waals surface area contributed by atoms with Crippen LogP contribution in [0.5, 0.6) is 23.0 Å². The van der Waals surface area contributed by atoms with Crippen LogP contribution in [0.4, 0.5) is 0 Å². The van der Waals surface area contributed by atoms with E-state index in [-0.39, 0.29) is 11.2 Å². The number of hydrogen-bond acceptors (Lipinski definition) is 5. The fourth-order valence-electron chi connectivity index (χ4n) is 3.77. The zero-order chi connectivity index (χ0) is 22.1. The predicted octanol–water partition coefficient (Wildman–Crippen LogP) is 4.94. The molecule has 0 fully saturated rings. The lowest BCUT2D eigenvalue weighted by Crippen LogP contribution is -2.30. The van der Waals surface area contributed by atoms with Crippen molar-refractivity contribution in [3.63, 3.8) is 0 Å². The maximum Gasteiger partial charge on any atom is 0.161 e. The Hall–Kier alpha value is -2.40. The summed E-state index contributed by atoms with van der Waals surface area (Å²) in [6, 6.07) is 11.8. The molecule has 0 aliphatic heterocycles. The van der Waals surface area contributed by atoms with Gasteiger partial charge in [0.2, 0.25) is 0 Å². The third kappa shape index (κ3) is 5.82. The second-order valence-corrected chi connectivity index (χ2v) is 8.25. The van der Waals surface area contributed by atoms with Crippen molar-refractivity contribution < 1.29 is 19.3 Å². The number of rotatable bonds is 12. The molecule has 0 heterocycles.